The van der Waals surface area contributed by atoms with E-state index in [4.69, 9.17) is 5.73 Å². The number of nitrogens with zero attached hydrogens (tertiary/aromatic N) is 1. The minimum Gasteiger partial charge on any atom is -0.383 e. The van der Waals surface area contributed by atoms with Gasteiger partial charge in [-0.2, -0.15) is 0 Å². The molecular formula is C11H15N5O5S2. The first-order valence-corrected chi connectivity index (χ1v) is 9.34. The number of thioether (sulfide) groups is 1. The first-order valence-electron chi connectivity index (χ1n) is 6.54. The summed E-state index contributed by atoms with van der Waals surface area (Å²) < 4.78 is 22.5. The van der Waals surface area contributed by atoms with Crippen LogP contribution < -0.4 is 21.9 Å². The summed E-state index contributed by atoms with van der Waals surface area (Å²) in [5.74, 6) is -0.855. The number of urea groups is 1. The standard InChI is InChI=1S/C11H15N5O5S2/c12-7-3-8(17)16-11(14-7)22-4-9(18)15-10(19)13-6-1-2-23(20,21)5-6/h3,6H,1-2,4-5H2,(H3,12,14,16,17)(H2,13,15,18,19)/t6-/m0/s1. The van der Waals surface area contributed by atoms with Gasteiger partial charge in [0.15, 0.2) is 15.0 Å². The van der Waals surface area contributed by atoms with Crippen molar-refractivity contribution in [3.05, 3.63) is 16.4 Å². The van der Waals surface area contributed by atoms with Gasteiger partial charge < -0.3 is 16.0 Å². The number of aromatic nitrogens is 2. The molecule has 2 rings (SSSR count). The van der Waals surface area contributed by atoms with Crippen molar-refractivity contribution in [2.45, 2.75) is 17.6 Å². The Bertz CT molecular complexity index is 775. The summed E-state index contributed by atoms with van der Waals surface area (Å²) in [6.45, 7) is 0. The summed E-state index contributed by atoms with van der Waals surface area (Å²) in [6.07, 6.45) is 0.327. The fraction of sp³-hybridized carbons (Fsp3) is 0.455. The summed E-state index contributed by atoms with van der Waals surface area (Å²) in [6, 6.07) is -0.146. The van der Waals surface area contributed by atoms with Crippen molar-refractivity contribution in [1.29, 1.82) is 0 Å². The van der Waals surface area contributed by atoms with Crippen molar-refractivity contribution >= 4 is 39.4 Å². The Morgan fingerprint density at radius 1 is 1.48 bits per heavy atom. The molecule has 23 heavy (non-hydrogen) atoms. The fourth-order valence-electron chi connectivity index (χ4n) is 1.95. The summed E-state index contributed by atoms with van der Waals surface area (Å²) in [7, 11) is -3.11. The first-order chi connectivity index (χ1) is 10.7. The van der Waals surface area contributed by atoms with Gasteiger partial charge in [-0.3, -0.25) is 14.9 Å². The largest absolute Gasteiger partial charge is 0.383 e. The van der Waals surface area contributed by atoms with Gasteiger partial charge in [-0.1, -0.05) is 11.8 Å². The predicted octanol–water partition coefficient (Wildman–Crippen LogP) is -1.54. The van der Waals surface area contributed by atoms with E-state index in [-0.39, 0.29) is 28.2 Å². The summed E-state index contributed by atoms with van der Waals surface area (Å²) >= 11 is 0.907. The fourth-order valence-corrected chi connectivity index (χ4v) is 4.30. The quantitative estimate of drug-likeness (QED) is 0.370. The molecule has 10 nitrogen and oxygen atoms in total. The lowest BCUT2D eigenvalue weighted by atomic mass is 10.3. The van der Waals surface area contributed by atoms with Crippen LogP contribution in [0.1, 0.15) is 6.42 Å². The van der Waals surface area contributed by atoms with Gasteiger partial charge in [-0.25, -0.2) is 18.2 Å². The Labute approximate surface area is 135 Å². The molecule has 5 N–H and O–H groups in total. The van der Waals surface area contributed by atoms with Gasteiger partial charge in [0.25, 0.3) is 5.56 Å². The summed E-state index contributed by atoms with van der Waals surface area (Å²) in [5, 5.41) is 4.67. The molecule has 0 spiro atoms. The van der Waals surface area contributed by atoms with E-state index in [1.807, 2.05) is 0 Å². The first kappa shape index (κ1) is 17.3. The van der Waals surface area contributed by atoms with Crippen LogP contribution in [0, 0.1) is 0 Å². The number of hydrogen-bond acceptors (Lipinski definition) is 8. The van der Waals surface area contributed by atoms with Crippen LogP contribution in [0.3, 0.4) is 0 Å². The highest BCUT2D eigenvalue weighted by atomic mass is 32.2. The highest BCUT2D eigenvalue weighted by molar-refractivity contribution is 7.99. The average molecular weight is 361 g/mol. The Hall–Kier alpha value is -2.08. The molecule has 0 aliphatic carbocycles. The lowest BCUT2D eigenvalue weighted by Gasteiger charge is -2.11. The molecule has 0 bridgehead atoms. The van der Waals surface area contributed by atoms with Gasteiger partial charge in [-0.05, 0) is 6.42 Å². The predicted molar refractivity (Wildman–Crippen MR) is 83.7 cm³/mol. The Balaban J connectivity index is 1.78. The number of aromatic amines is 1. The lowest BCUT2D eigenvalue weighted by molar-refractivity contribution is -0.117. The average Bonchev–Trinajstić information content (AvgIpc) is 2.74. The van der Waals surface area contributed by atoms with Crippen molar-refractivity contribution in [1.82, 2.24) is 20.6 Å². The van der Waals surface area contributed by atoms with E-state index >= 15 is 0 Å². The molecule has 12 heteroatoms. The van der Waals surface area contributed by atoms with Crippen molar-refractivity contribution in [3.63, 3.8) is 0 Å². The van der Waals surface area contributed by atoms with Crippen LogP contribution in [-0.4, -0.2) is 53.6 Å². The Morgan fingerprint density at radius 2 is 2.22 bits per heavy atom. The third kappa shape index (κ3) is 5.56. The molecule has 2 heterocycles. The number of nitrogen functional groups attached to an aromatic ring is 1. The van der Waals surface area contributed by atoms with Gasteiger partial charge >= 0.3 is 6.03 Å². The molecule has 1 aromatic rings. The number of carbonyl (C=O) groups excluding carboxylic acids is 2. The number of sulfone groups is 1. The number of nitrogens with one attached hydrogen (secondary N) is 3. The molecule has 0 unspecified atom stereocenters. The maximum absolute atomic E-state index is 11.6. The number of nitrogens with two attached hydrogens (primary N) is 1. The monoisotopic (exact) mass is 361 g/mol. The Morgan fingerprint density at radius 3 is 2.83 bits per heavy atom. The maximum atomic E-state index is 11.6. The molecule has 1 aliphatic rings. The molecule has 0 saturated carbocycles. The molecule has 1 atom stereocenters. The molecule has 0 aromatic carbocycles. The molecule has 1 aliphatic heterocycles. The molecule has 126 valence electrons. The molecule has 0 radical (unpaired) electrons. The second-order valence-corrected chi connectivity index (χ2v) is 8.08. The zero-order valence-electron chi connectivity index (χ0n) is 11.9. The van der Waals surface area contributed by atoms with Crippen LogP contribution in [0.25, 0.3) is 0 Å². The zero-order valence-corrected chi connectivity index (χ0v) is 13.5. The normalized spacial score (nSPS) is 19.2. The second kappa shape index (κ2) is 7.00. The number of rotatable bonds is 4. The SMILES string of the molecule is Nc1cc(=O)[nH]c(SCC(=O)NC(=O)N[C@H]2CCS(=O)(=O)C2)n1. The number of amides is 3. The van der Waals surface area contributed by atoms with Crippen LogP contribution in [0.5, 0.6) is 0 Å². The van der Waals surface area contributed by atoms with Gasteiger partial charge in [-0.15, -0.1) is 0 Å². The van der Waals surface area contributed by atoms with Gasteiger partial charge in [0, 0.05) is 12.1 Å². The molecule has 3 amide bonds. The van der Waals surface area contributed by atoms with Gasteiger partial charge in [0.2, 0.25) is 5.91 Å². The molecular weight excluding hydrogens is 346 g/mol. The van der Waals surface area contributed by atoms with E-state index in [0.717, 1.165) is 17.8 Å². The second-order valence-electron chi connectivity index (χ2n) is 4.89. The van der Waals surface area contributed by atoms with Crippen LogP contribution in [-0.2, 0) is 14.6 Å². The van der Waals surface area contributed by atoms with E-state index in [1.54, 1.807) is 0 Å². The van der Waals surface area contributed by atoms with Crippen LogP contribution >= 0.6 is 11.8 Å². The van der Waals surface area contributed by atoms with Crippen molar-refractivity contribution in [3.8, 4) is 0 Å². The van der Waals surface area contributed by atoms with Crippen LogP contribution in [0.2, 0.25) is 0 Å². The minimum absolute atomic E-state index is 0.0240. The summed E-state index contributed by atoms with van der Waals surface area (Å²) in [4.78, 5) is 40.6. The van der Waals surface area contributed by atoms with Crippen LogP contribution in [0.15, 0.2) is 16.0 Å². The van der Waals surface area contributed by atoms with Gasteiger partial charge in [0.05, 0.1) is 17.3 Å². The minimum atomic E-state index is -3.11. The van der Waals surface area contributed by atoms with E-state index in [2.05, 4.69) is 20.6 Å². The highest BCUT2D eigenvalue weighted by Crippen LogP contribution is 2.12. The number of imide groups is 1. The van der Waals surface area contributed by atoms with E-state index < -0.39 is 33.4 Å². The Kier molecular flexibility index (Phi) is 5.26. The zero-order chi connectivity index (χ0) is 17.0. The van der Waals surface area contributed by atoms with Crippen molar-refractivity contribution in [2.24, 2.45) is 0 Å². The lowest BCUT2D eigenvalue weighted by Crippen LogP contribution is -2.45. The number of anilines is 1. The number of hydrogen-bond donors (Lipinski definition) is 4. The molecule has 1 aromatic heterocycles. The van der Waals surface area contributed by atoms with E-state index in [0.29, 0.717) is 6.42 Å². The summed E-state index contributed by atoms with van der Waals surface area (Å²) in [5.41, 5.74) is 4.96. The number of carbonyl (C=O) groups is 2. The maximum Gasteiger partial charge on any atom is 0.321 e. The molecule has 1 saturated heterocycles. The molecule has 1 fully saturated rings. The van der Waals surface area contributed by atoms with E-state index in [9.17, 15) is 22.8 Å². The third-order valence-corrected chi connectivity index (χ3v) is 5.54. The van der Waals surface area contributed by atoms with Gasteiger partial charge in [0.1, 0.15) is 5.82 Å². The third-order valence-electron chi connectivity index (χ3n) is 2.90. The smallest absolute Gasteiger partial charge is 0.321 e. The van der Waals surface area contributed by atoms with E-state index in [1.165, 1.54) is 0 Å². The van der Waals surface area contributed by atoms with Crippen molar-refractivity contribution < 1.29 is 18.0 Å². The topological polar surface area (TPSA) is 164 Å². The highest BCUT2D eigenvalue weighted by Gasteiger charge is 2.29. The number of H-pyrrole nitrogens is 1. The van der Waals surface area contributed by atoms with Crippen molar-refractivity contribution in [2.75, 3.05) is 23.0 Å². The van der Waals surface area contributed by atoms with Crippen LogP contribution in [0.4, 0.5) is 10.6 Å².